The quantitative estimate of drug-likeness (QED) is 0.674. The lowest BCUT2D eigenvalue weighted by Gasteiger charge is -2.08. The lowest BCUT2D eigenvalue weighted by atomic mass is 10.1. The van der Waals surface area contributed by atoms with Crippen molar-refractivity contribution in [3.05, 3.63) is 70.0 Å². The molecule has 2 aromatic carbocycles. The second kappa shape index (κ2) is 8.40. The third-order valence-electron chi connectivity index (χ3n) is 4.20. The molecule has 0 atom stereocenters. The number of carbonyl (C=O) groups excluding carboxylic acids is 1. The van der Waals surface area contributed by atoms with Crippen molar-refractivity contribution < 1.29 is 14.3 Å². The van der Waals surface area contributed by atoms with Gasteiger partial charge in [0.25, 0.3) is 5.56 Å². The molecule has 3 aromatic rings. The molecule has 27 heavy (non-hydrogen) atoms. The number of methoxy groups -OCH3 is 1. The molecule has 2 N–H and O–H groups in total. The number of aromatic nitrogens is 1. The summed E-state index contributed by atoms with van der Waals surface area (Å²) in [5.74, 6) is 1.34. The van der Waals surface area contributed by atoms with Gasteiger partial charge in [-0.05, 0) is 48.9 Å². The molecule has 0 unspecified atom stereocenters. The Bertz CT molecular complexity index is 993. The topological polar surface area (TPSA) is 80.4 Å². The van der Waals surface area contributed by atoms with E-state index >= 15 is 0 Å². The Hall–Kier alpha value is -3.28. The Balaban J connectivity index is 1.65. The van der Waals surface area contributed by atoms with E-state index in [4.69, 9.17) is 9.47 Å². The van der Waals surface area contributed by atoms with Crippen LogP contribution in [0.15, 0.2) is 53.3 Å². The van der Waals surface area contributed by atoms with Crippen LogP contribution in [-0.2, 0) is 17.8 Å². The van der Waals surface area contributed by atoms with Gasteiger partial charge in [0.05, 0.1) is 20.1 Å². The van der Waals surface area contributed by atoms with E-state index in [0.29, 0.717) is 17.9 Å². The molecule has 1 aromatic heterocycles. The first kappa shape index (κ1) is 18.5. The summed E-state index contributed by atoms with van der Waals surface area (Å²) in [7, 11) is 1.59. The molecule has 0 fully saturated rings. The van der Waals surface area contributed by atoms with E-state index in [-0.39, 0.29) is 24.4 Å². The fourth-order valence-electron chi connectivity index (χ4n) is 2.80. The summed E-state index contributed by atoms with van der Waals surface area (Å²) in [6.45, 7) is 2.69. The second-order valence-electron chi connectivity index (χ2n) is 6.11. The van der Waals surface area contributed by atoms with Gasteiger partial charge in [0, 0.05) is 23.0 Å². The van der Waals surface area contributed by atoms with Crippen molar-refractivity contribution in [1.29, 1.82) is 0 Å². The first-order valence-electron chi connectivity index (χ1n) is 8.77. The number of hydrogen-bond acceptors (Lipinski definition) is 4. The van der Waals surface area contributed by atoms with Gasteiger partial charge < -0.3 is 19.8 Å². The molecule has 6 heteroatoms. The van der Waals surface area contributed by atoms with Crippen LogP contribution in [0.1, 0.15) is 18.1 Å². The molecular formula is C21H22N2O4. The Morgan fingerprint density at radius 3 is 2.52 bits per heavy atom. The van der Waals surface area contributed by atoms with Gasteiger partial charge in [0.1, 0.15) is 11.5 Å². The summed E-state index contributed by atoms with van der Waals surface area (Å²) in [5, 5.41) is 3.65. The van der Waals surface area contributed by atoms with E-state index in [0.717, 1.165) is 22.2 Å². The Morgan fingerprint density at radius 1 is 1.07 bits per heavy atom. The maximum Gasteiger partial charge on any atom is 0.253 e. The van der Waals surface area contributed by atoms with Crippen LogP contribution in [0, 0.1) is 0 Å². The van der Waals surface area contributed by atoms with Crippen molar-refractivity contribution >= 4 is 16.8 Å². The zero-order chi connectivity index (χ0) is 19.2. The van der Waals surface area contributed by atoms with Crippen molar-refractivity contribution in [2.75, 3.05) is 13.7 Å². The Kier molecular flexibility index (Phi) is 5.76. The minimum atomic E-state index is -0.214. The highest BCUT2D eigenvalue weighted by atomic mass is 16.5. The molecule has 0 aliphatic heterocycles. The monoisotopic (exact) mass is 366 g/mol. The number of pyridine rings is 1. The van der Waals surface area contributed by atoms with Crippen molar-refractivity contribution in [1.82, 2.24) is 10.3 Å². The Labute approximate surface area is 157 Å². The summed E-state index contributed by atoms with van der Waals surface area (Å²) in [6.07, 6.45) is 0.242. The normalized spacial score (nSPS) is 10.6. The van der Waals surface area contributed by atoms with Crippen molar-refractivity contribution in [2.45, 2.75) is 19.9 Å². The van der Waals surface area contributed by atoms with Crippen LogP contribution in [0.5, 0.6) is 11.5 Å². The van der Waals surface area contributed by atoms with Crippen molar-refractivity contribution in [3.63, 3.8) is 0 Å². The number of nitrogens with one attached hydrogen (secondary N) is 2. The van der Waals surface area contributed by atoms with Crippen LogP contribution in [0.4, 0.5) is 0 Å². The maximum atomic E-state index is 12.2. The molecular weight excluding hydrogens is 344 g/mol. The highest BCUT2D eigenvalue weighted by Gasteiger charge is 2.08. The molecule has 0 saturated heterocycles. The summed E-state index contributed by atoms with van der Waals surface area (Å²) in [5.41, 5.74) is 1.89. The van der Waals surface area contributed by atoms with Crippen molar-refractivity contribution in [3.8, 4) is 11.5 Å². The van der Waals surface area contributed by atoms with Gasteiger partial charge >= 0.3 is 0 Å². The van der Waals surface area contributed by atoms with E-state index in [9.17, 15) is 9.59 Å². The smallest absolute Gasteiger partial charge is 0.253 e. The fraction of sp³-hybridized carbons (Fsp3) is 0.238. The van der Waals surface area contributed by atoms with Gasteiger partial charge in [-0.2, -0.15) is 0 Å². The molecule has 0 radical (unpaired) electrons. The molecule has 0 aliphatic carbocycles. The van der Waals surface area contributed by atoms with Crippen LogP contribution in [0.25, 0.3) is 10.9 Å². The number of rotatable bonds is 7. The highest BCUT2D eigenvalue weighted by Crippen LogP contribution is 2.18. The zero-order valence-corrected chi connectivity index (χ0v) is 15.4. The van der Waals surface area contributed by atoms with Crippen LogP contribution in [-0.4, -0.2) is 24.6 Å². The van der Waals surface area contributed by atoms with Gasteiger partial charge in [-0.25, -0.2) is 0 Å². The van der Waals surface area contributed by atoms with Gasteiger partial charge in [0.2, 0.25) is 5.91 Å². The molecule has 0 spiro atoms. The van der Waals surface area contributed by atoms with E-state index in [1.165, 1.54) is 0 Å². The number of amides is 1. The number of fused-ring (bicyclic) bond motifs is 1. The average molecular weight is 366 g/mol. The lowest BCUT2D eigenvalue weighted by Crippen LogP contribution is -2.27. The van der Waals surface area contributed by atoms with Gasteiger partial charge in [-0.15, -0.1) is 0 Å². The van der Waals surface area contributed by atoms with E-state index in [2.05, 4.69) is 10.3 Å². The van der Waals surface area contributed by atoms with Crippen LogP contribution in [0.2, 0.25) is 0 Å². The molecule has 140 valence electrons. The SMILES string of the molecule is CCOc1ccc(CC(=O)NCc2cc3cc(OC)ccc3[nH]c2=O)cc1. The second-order valence-corrected chi connectivity index (χ2v) is 6.11. The third-order valence-corrected chi connectivity index (χ3v) is 4.20. The summed E-state index contributed by atoms with van der Waals surface area (Å²) in [4.78, 5) is 27.2. The maximum absolute atomic E-state index is 12.2. The third kappa shape index (κ3) is 4.67. The highest BCUT2D eigenvalue weighted by molar-refractivity contribution is 5.81. The van der Waals surface area contributed by atoms with E-state index in [1.807, 2.05) is 37.3 Å². The first-order chi connectivity index (χ1) is 13.1. The van der Waals surface area contributed by atoms with E-state index in [1.54, 1.807) is 25.3 Å². The summed E-state index contributed by atoms with van der Waals surface area (Å²) in [6, 6.07) is 14.6. The zero-order valence-electron chi connectivity index (χ0n) is 15.4. The molecule has 1 heterocycles. The predicted octanol–water partition coefficient (Wildman–Crippen LogP) is 2.79. The summed E-state index contributed by atoms with van der Waals surface area (Å²) >= 11 is 0. The molecule has 1 amide bonds. The average Bonchev–Trinajstić information content (AvgIpc) is 2.67. The number of hydrogen-bond donors (Lipinski definition) is 2. The standard InChI is InChI=1S/C21H22N2O4/c1-3-27-17-6-4-14(5-7-17)10-20(24)22-13-16-11-15-12-18(26-2)8-9-19(15)23-21(16)25/h4-9,11-12H,3,10,13H2,1-2H3,(H,22,24)(H,23,25). The minimum Gasteiger partial charge on any atom is -0.497 e. The lowest BCUT2D eigenvalue weighted by molar-refractivity contribution is -0.120. The van der Waals surface area contributed by atoms with E-state index < -0.39 is 0 Å². The first-order valence-corrected chi connectivity index (χ1v) is 8.77. The summed E-state index contributed by atoms with van der Waals surface area (Å²) < 4.78 is 10.6. The van der Waals surface area contributed by atoms with Gasteiger partial charge in [0.15, 0.2) is 0 Å². The van der Waals surface area contributed by atoms with Crippen LogP contribution >= 0.6 is 0 Å². The number of benzene rings is 2. The molecule has 6 nitrogen and oxygen atoms in total. The Morgan fingerprint density at radius 2 is 1.81 bits per heavy atom. The predicted molar refractivity (Wildman–Crippen MR) is 104 cm³/mol. The largest absolute Gasteiger partial charge is 0.497 e. The van der Waals surface area contributed by atoms with Crippen molar-refractivity contribution in [2.24, 2.45) is 0 Å². The molecule has 0 aliphatic rings. The number of aromatic amines is 1. The molecule has 3 rings (SSSR count). The number of carbonyl (C=O) groups is 1. The number of ether oxygens (including phenoxy) is 2. The van der Waals surface area contributed by atoms with Crippen LogP contribution in [0.3, 0.4) is 0 Å². The fourth-order valence-corrected chi connectivity index (χ4v) is 2.80. The van der Waals surface area contributed by atoms with Gasteiger partial charge in [-0.3, -0.25) is 9.59 Å². The molecule has 0 bridgehead atoms. The van der Waals surface area contributed by atoms with Crippen LogP contribution < -0.4 is 20.3 Å². The van der Waals surface area contributed by atoms with Gasteiger partial charge in [-0.1, -0.05) is 12.1 Å². The molecule has 0 saturated carbocycles. The number of H-pyrrole nitrogens is 1. The minimum absolute atomic E-state index is 0.149.